The minimum Gasteiger partial charge on any atom is -0.493 e. The van der Waals surface area contributed by atoms with Gasteiger partial charge in [-0.2, -0.15) is 0 Å². The van der Waals surface area contributed by atoms with Gasteiger partial charge in [-0.15, -0.1) is 11.8 Å². The van der Waals surface area contributed by atoms with Gasteiger partial charge in [0.05, 0.1) is 14.2 Å². The molecule has 0 saturated heterocycles. The predicted octanol–water partition coefficient (Wildman–Crippen LogP) is 3.77. The van der Waals surface area contributed by atoms with Gasteiger partial charge in [0.2, 0.25) is 0 Å². The summed E-state index contributed by atoms with van der Waals surface area (Å²) in [6, 6.07) is 8.19. The molecule has 118 valence electrons. The van der Waals surface area contributed by atoms with Crippen LogP contribution >= 0.6 is 11.8 Å². The van der Waals surface area contributed by atoms with E-state index < -0.39 is 0 Å². The standard InChI is InChI=1S/C17H22N2O2S/c1-12-8-14(6-7-18-12)19(2)11-13-9-15(20-3)16(21-4)10-17(13)22-5/h6-10H,11H2,1-5H3. The van der Waals surface area contributed by atoms with Crippen molar-refractivity contribution >= 4 is 17.4 Å². The monoisotopic (exact) mass is 318 g/mol. The van der Waals surface area contributed by atoms with Crippen molar-refractivity contribution in [1.29, 1.82) is 0 Å². The summed E-state index contributed by atoms with van der Waals surface area (Å²) in [5, 5.41) is 0. The van der Waals surface area contributed by atoms with Crippen molar-refractivity contribution in [2.24, 2.45) is 0 Å². The van der Waals surface area contributed by atoms with Gasteiger partial charge in [0.1, 0.15) is 0 Å². The van der Waals surface area contributed by atoms with Crippen LogP contribution in [0.15, 0.2) is 35.4 Å². The van der Waals surface area contributed by atoms with Crippen molar-refractivity contribution in [3.05, 3.63) is 41.7 Å². The summed E-state index contributed by atoms with van der Waals surface area (Å²) in [5.41, 5.74) is 3.37. The zero-order valence-electron chi connectivity index (χ0n) is 13.7. The molecule has 1 aromatic heterocycles. The van der Waals surface area contributed by atoms with Crippen molar-refractivity contribution in [3.8, 4) is 11.5 Å². The largest absolute Gasteiger partial charge is 0.493 e. The van der Waals surface area contributed by atoms with Crippen LogP contribution in [-0.2, 0) is 6.54 Å². The fourth-order valence-corrected chi connectivity index (χ4v) is 2.94. The van der Waals surface area contributed by atoms with Gasteiger partial charge in [0, 0.05) is 36.1 Å². The molecule has 0 saturated carbocycles. The lowest BCUT2D eigenvalue weighted by Gasteiger charge is -2.22. The van der Waals surface area contributed by atoms with E-state index in [4.69, 9.17) is 9.47 Å². The molecule has 0 N–H and O–H groups in total. The molecule has 0 aliphatic rings. The van der Waals surface area contributed by atoms with Crippen LogP contribution in [0.3, 0.4) is 0 Å². The maximum Gasteiger partial charge on any atom is 0.161 e. The number of rotatable bonds is 6. The summed E-state index contributed by atoms with van der Waals surface area (Å²) in [7, 11) is 5.40. The molecule has 4 nitrogen and oxygen atoms in total. The highest BCUT2D eigenvalue weighted by Crippen LogP contribution is 2.35. The SMILES string of the molecule is COc1cc(CN(C)c2ccnc(C)c2)c(SC)cc1OC. The third kappa shape index (κ3) is 3.65. The molecular formula is C17H22N2O2S. The number of aromatic nitrogens is 1. The smallest absolute Gasteiger partial charge is 0.161 e. The van der Waals surface area contributed by atoms with Crippen LogP contribution in [0.5, 0.6) is 11.5 Å². The Balaban J connectivity index is 2.31. The van der Waals surface area contributed by atoms with E-state index in [1.807, 2.05) is 25.3 Å². The second-order valence-electron chi connectivity index (χ2n) is 5.03. The molecule has 5 heteroatoms. The Morgan fingerprint density at radius 2 is 1.82 bits per heavy atom. The molecule has 0 atom stereocenters. The lowest BCUT2D eigenvalue weighted by molar-refractivity contribution is 0.353. The fraction of sp³-hybridized carbons (Fsp3) is 0.353. The number of aryl methyl sites for hydroxylation is 1. The summed E-state index contributed by atoms with van der Waals surface area (Å²) < 4.78 is 10.8. The van der Waals surface area contributed by atoms with Crippen LogP contribution in [0.25, 0.3) is 0 Å². The second-order valence-corrected chi connectivity index (χ2v) is 5.88. The Morgan fingerprint density at radius 3 is 2.41 bits per heavy atom. The maximum atomic E-state index is 5.42. The van der Waals surface area contributed by atoms with Crippen LogP contribution in [0.2, 0.25) is 0 Å². The number of hydrogen-bond acceptors (Lipinski definition) is 5. The molecule has 0 fully saturated rings. The highest BCUT2D eigenvalue weighted by Gasteiger charge is 2.13. The van der Waals surface area contributed by atoms with Crippen molar-refractivity contribution in [1.82, 2.24) is 4.98 Å². The summed E-state index contributed by atoms with van der Waals surface area (Å²) in [6.45, 7) is 2.79. The van der Waals surface area contributed by atoms with Gasteiger partial charge in [0.25, 0.3) is 0 Å². The van der Waals surface area contributed by atoms with Crippen LogP contribution in [0.1, 0.15) is 11.3 Å². The lowest BCUT2D eigenvalue weighted by atomic mass is 10.1. The Morgan fingerprint density at radius 1 is 1.14 bits per heavy atom. The van der Waals surface area contributed by atoms with Crippen LogP contribution < -0.4 is 14.4 Å². The first-order valence-electron chi connectivity index (χ1n) is 7.01. The summed E-state index contributed by atoms with van der Waals surface area (Å²) in [6.07, 6.45) is 3.91. The van der Waals surface area contributed by atoms with Gasteiger partial charge in [-0.1, -0.05) is 0 Å². The number of thioether (sulfide) groups is 1. The molecule has 0 unspecified atom stereocenters. The third-order valence-corrected chi connectivity index (χ3v) is 4.33. The van der Waals surface area contributed by atoms with Gasteiger partial charge in [0.15, 0.2) is 11.5 Å². The molecule has 2 aromatic rings. The minimum atomic E-state index is 0.759. The topological polar surface area (TPSA) is 34.6 Å². The predicted molar refractivity (Wildman–Crippen MR) is 92.4 cm³/mol. The van der Waals surface area contributed by atoms with E-state index in [0.717, 1.165) is 29.4 Å². The van der Waals surface area contributed by atoms with Crippen molar-refractivity contribution in [3.63, 3.8) is 0 Å². The Kier molecular flexibility index (Phi) is 5.55. The zero-order chi connectivity index (χ0) is 16.1. The summed E-state index contributed by atoms with van der Waals surface area (Å²) in [4.78, 5) is 7.64. The molecular weight excluding hydrogens is 296 g/mol. The number of anilines is 1. The van der Waals surface area contributed by atoms with Crippen molar-refractivity contribution in [2.75, 3.05) is 32.4 Å². The van der Waals surface area contributed by atoms with Gasteiger partial charge in [-0.25, -0.2) is 0 Å². The molecule has 0 radical (unpaired) electrons. The van der Waals surface area contributed by atoms with Crippen LogP contribution in [0.4, 0.5) is 5.69 Å². The molecule has 1 aromatic carbocycles. The van der Waals surface area contributed by atoms with E-state index in [0.29, 0.717) is 0 Å². The quantitative estimate of drug-likeness (QED) is 0.758. The van der Waals surface area contributed by atoms with E-state index >= 15 is 0 Å². The van der Waals surface area contributed by atoms with E-state index in [1.54, 1.807) is 26.0 Å². The maximum absolute atomic E-state index is 5.42. The van der Waals surface area contributed by atoms with E-state index in [2.05, 4.69) is 35.3 Å². The van der Waals surface area contributed by atoms with E-state index in [-0.39, 0.29) is 0 Å². The normalized spacial score (nSPS) is 10.4. The first-order chi connectivity index (χ1) is 10.6. The Labute approximate surface area is 136 Å². The van der Waals surface area contributed by atoms with Crippen LogP contribution in [0, 0.1) is 6.92 Å². The number of pyridine rings is 1. The average Bonchev–Trinajstić information content (AvgIpc) is 2.54. The lowest BCUT2D eigenvalue weighted by Crippen LogP contribution is -2.17. The Bertz CT molecular complexity index is 647. The molecule has 0 amide bonds. The first-order valence-corrected chi connectivity index (χ1v) is 8.24. The molecule has 2 rings (SSSR count). The number of ether oxygens (including phenoxy) is 2. The van der Waals surface area contributed by atoms with E-state index in [1.165, 1.54) is 10.5 Å². The first kappa shape index (κ1) is 16.5. The van der Waals surface area contributed by atoms with E-state index in [9.17, 15) is 0 Å². The Hall–Kier alpha value is -1.88. The average molecular weight is 318 g/mol. The second kappa shape index (κ2) is 7.40. The minimum absolute atomic E-state index is 0.759. The third-order valence-electron chi connectivity index (χ3n) is 3.52. The fourth-order valence-electron chi connectivity index (χ4n) is 2.33. The highest BCUT2D eigenvalue weighted by atomic mass is 32.2. The van der Waals surface area contributed by atoms with Gasteiger partial charge < -0.3 is 14.4 Å². The van der Waals surface area contributed by atoms with Gasteiger partial charge in [-0.3, -0.25) is 4.98 Å². The molecule has 22 heavy (non-hydrogen) atoms. The number of hydrogen-bond donors (Lipinski definition) is 0. The molecule has 0 bridgehead atoms. The van der Waals surface area contributed by atoms with Gasteiger partial charge in [-0.05, 0) is 43.0 Å². The number of methoxy groups -OCH3 is 2. The summed E-state index contributed by atoms with van der Waals surface area (Å²) >= 11 is 1.71. The zero-order valence-corrected chi connectivity index (χ0v) is 14.5. The molecule has 0 spiro atoms. The van der Waals surface area contributed by atoms with Crippen LogP contribution in [-0.4, -0.2) is 32.5 Å². The molecule has 0 aliphatic heterocycles. The van der Waals surface area contributed by atoms with Crippen molar-refractivity contribution < 1.29 is 9.47 Å². The van der Waals surface area contributed by atoms with Crippen molar-refractivity contribution in [2.45, 2.75) is 18.4 Å². The number of benzene rings is 1. The highest BCUT2D eigenvalue weighted by molar-refractivity contribution is 7.98. The van der Waals surface area contributed by atoms with Gasteiger partial charge >= 0.3 is 0 Å². The number of nitrogens with zero attached hydrogens (tertiary/aromatic N) is 2. The molecule has 0 aliphatic carbocycles. The summed E-state index contributed by atoms with van der Waals surface area (Å²) in [5.74, 6) is 1.52. The molecule has 1 heterocycles.